The first-order valence-electron chi connectivity index (χ1n) is 10.3. The van der Waals surface area contributed by atoms with E-state index in [2.05, 4.69) is 42.2 Å². The molecule has 0 spiro atoms. The minimum absolute atomic E-state index is 0.00359. The van der Waals surface area contributed by atoms with Crippen LogP contribution in [0.1, 0.15) is 51.9 Å². The highest BCUT2D eigenvalue weighted by molar-refractivity contribution is 6.13. The molecule has 0 amide bonds. The number of benzene rings is 2. The van der Waals surface area contributed by atoms with Crippen molar-refractivity contribution in [2.24, 2.45) is 0 Å². The SMILES string of the molecule is Cc1cc(CN2CCCCC2)c2c(c1)C(=O)/C(=C/C1=CCc3ccccc31)O2. The Morgan fingerprint density at radius 2 is 1.89 bits per heavy atom. The number of ketones is 1. The van der Waals surface area contributed by atoms with Crippen molar-refractivity contribution in [3.8, 4) is 5.75 Å². The molecule has 0 bridgehead atoms. The van der Waals surface area contributed by atoms with Crippen molar-refractivity contribution in [1.29, 1.82) is 0 Å². The molecule has 0 atom stereocenters. The lowest BCUT2D eigenvalue weighted by atomic mass is 10.0. The number of allylic oxidation sites excluding steroid dienone is 4. The Balaban J connectivity index is 1.46. The predicted molar refractivity (Wildman–Crippen MR) is 111 cm³/mol. The van der Waals surface area contributed by atoms with Gasteiger partial charge in [0.15, 0.2) is 5.76 Å². The van der Waals surface area contributed by atoms with Crippen LogP contribution in [0.15, 0.2) is 54.3 Å². The van der Waals surface area contributed by atoms with Gasteiger partial charge in [-0.1, -0.05) is 42.8 Å². The Morgan fingerprint density at radius 1 is 1.07 bits per heavy atom. The van der Waals surface area contributed by atoms with E-state index >= 15 is 0 Å². The number of ether oxygens (including phenoxy) is 1. The number of rotatable bonds is 3. The largest absolute Gasteiger partial charge is 0.452 e. The number of fused-ring (bicyclic) bond motifs is 2. The quantitative estimate of drug-likeness (QED) is 0.705. The molecule has 0 unspecified atom stereocenters. The molecule has 2 aromatic rings. The zero-order valence-electron chi connectivity index (χ0n) is 16.3. The molecule has 5 rings (SSSR count). The summed E-state index contributed by atoms with van der Waals surface area (Å²) in [6.45, 7) is 5.17. The third-order valence-corrected chi connectivity index (χ3v) is 5.99. The summed E-state index contributed by atoms with van der Waals surface area (Å²) < 4.78 is 6.17. The van der Waals surface area contributed by atoms with Crippen molar-refractivity contribution < 1.29 is 9.53 Å². The van der Waals surface area contributed by atoms with Crippen LogP contribution >= 0.6 is 0 Å². The first-order valence-corrected chi connectivity index (χ1v) is 10.3. The number of likely N-dealkylation sites (tertiary alicyclic amines) is 1. The number of Topliss-reactive ketones (excluding diaryl/α,β-unsaturated/α-hetero) is 1. The summed E-state index contributed by atoms with van der Waals surface area (Å²) in [7, 11) is 0. The van der Waals surface area contributed by atoms with Gasteiger partial charge in [-0.2, -0.15) is 0 Å². The van der Waals surface area contributed by atoms with Gasteiger partial charge < -0.3 is 4.74 Å². The number of piperidine rings is 1. The lowest BCUT2D eigenvalue weighted by Crippen LogP contribution is -2.29. The third kappa shape index (κ3) is 3.10. The van der Waals surface area contributed by atoms with Crippen molar-refractivity contribution in [3.05, 3.63) is 82.1 Å². The van der Waals surface area contributed by atoms with E-state index in [9.17, 15) is 4.79 Å². The smallest absolute Gasteiger partial charge is 0.231 e. The second-order valence-corrected chi connectivity index (χ2v) is 8.10. The molecular formula is C25H25NO2. The normalized spacial score (nSPS) is 20.1. The molecule has 0 saturated carbocycles. The Morgan fingerprint density at radius 3 is 2.75 bits per heavy atom. The van der Waals surface area contributed by atoms with E-state index in [1.807, 2.05) is 18.2 Å². The molecule has 2 aliphatic heterocycles. The van der Waals surface area contributed by atoms with Crippen molar-refractivity contribution in [1.82, 2.24) is 4.90 Å². The van der Waals surface area contributed by atoms with Crippen LogP contribution in [0.2, 0.25) is 0 Å². The summed E-state index contributed by atoms with van der Waals surface area (Å²) in [5.74, 6) is 1.21. The van der Waals surface area contributed by atoms with E-state index in [0.29, 0.717) is 11.3 Å². The fourth-order valence-corrected chi connectivity index (χ4v) is 4.59. The maximum absolute atomic E-state index is 13.1. The summed E-state index contributed by atoms with van der Waals surface area (Å²) in [6, 6.07) is 12.5. The second-order valence-electron chi connectivity index (χ2n) is 8.10. The summed E-state index contributed by atoms with van der Waals surface area (Å²) in [6.07, 6.45) is 8.85. The van der Waals surface area contributed by atoms with Crippen LogP contribution in [0, 0.1) is 6.92 Å². The highest BCUT2D eigenvalue weighted by atomic mass is 16.5. The van der Waals surface area contributed by atoms with E-state index in [0.717, 1.165) is 48.5 Å². The Bertz CT molecular complexity index is 1010. The fourth-order valence-electron chi connectivity index (χ4n) is 4.59. The highest BCUT2D eigenvalue weighted by Crippen LogP contribution is 2.38. The third-order valence-electron chi connectivity index (χ3n) is 5.99. The van der Waals surface area contributed by atoms with E-state index in [4.69, 9.17) is 4.74 Å². The van der Waals surface area contributed by atoms with Crippen LogP contribution in [0.3, 0.4) is 0 Å². The van der Waals surface area contributed by atoms with Gasteiger partial charge in [0.2, 0.25) is 5.78 Å². The monoisotopic (exact) mass is 371 g/mol. The minimum Gasteiger partial charge on any atom is -0.452 e. The van der Waals surface area contributed by atoms with Gasteiger partial charge in [-0.25, -0.2) is 0 Å². The molecule has 0 radical (unpaired) electrons. The Hall–Kier alpha value is -2.65. The average Bonchev–Trinajstić information content (AvgIpc) is 3.25. The molecule has 2 heterocycles. The molecule has 0 N–H and O–H groups in total. The summed E-state index contributed by atoms with van der Waals surface area (Å²) in [4.78, 5) is 15.5. The lowest BCUT2D eigenvalue weighted by molar-refractivity contribution is 0.101. The molecular weight excluding hydrogens is 346 g/mol. The van der Waals surface area contributed by atoms with Gasteiger partial charge in [-0.3, -0.25) is 9.69 Å². The van der Waals surface area contributed by atoms with E-state index in [1.165, 1.54) is 30.4 Å². The first-order chi connectivity index (χ1) is 13.7. The van der Waals surface area contributed by atoms with Crippen LogP contribution < -0.4 is 4.74 Å². The second kappa shape index (κ2) is 7.06. The molecule has 1 saturated heterocycles. The molecule has 1 fully saturated rings. The van der Waals surface area contributed by atoms with Crippen LogP contribution in [-0.2, 0) is 13.0 Å². The number of carbonyl (C=O) groups excluding carboxylic acids is 1. The topological polar surface area (TPSA) is 29.5 Å². The lowest BCUT2D eigenvalue weighted by Gasteiger charge is -2.27. The molecule has 3 nitrogen and oxygen atoms in total. The van der Waals surface area contributed by atoms with Crippen LogP contribution in [0.5, 0.6) is 5.75 Å². The Labute approximate surface area is 166 Å². The van der Waals surface area contributed by atoms with Gasteiger partial charge in [-0.15, -0.1) is 0 Å². The van der Waals surface area contributed by atoms with Gasteiger partial charge >= 0.3 is 0 Å². The van der Waals surface area contributed by atoms with Crippen molar-refractivity contribution >= 4 is 11.4 Å². The fraction of sp³-hybridized carbons (Fsp3) is 0.320. The maximum atomic E-state index is 13.1. The summed E-state index contributed by atoms with van der Waals surface area (Å²) in [5.41, 5.74) is 6.56. The molecule has 0 aromatic heterocycles. The first kappa shape index (κ1) is 17.4. The molecule has 3 heteroatoms. The molecule has 1 aliphatic carbocycles. The van der Waals surface area contributed by atoms with Crippen molar-refractivity contribution in [2.45, 2.75) is 39.2 Å². The van der Waals surface area contributed by atoms with Crippen molar-refractivity contribution in [3.63, 3.8) is 0 Å². The number of carbonyl (C=O) groups is 1. The molecule has 2 aromatic carbocycles. The predicted octanol–water partition coefficient (Wildman–Crippen LogP) is 5.08. The zero-order chi connectivity index (χ0) is 19.1. The average molecular weight is 371 g/mol. The maximum Gasteiger partial charge on any atom is 0.231 e. The van der Waals surface area contributed by atoms with E-state index in [1.54, 1.807) is 0 Å². The summed E-state index contributed by atoms with van der Waals surface area (Å²) >= 11 is 0. The van der Waals surface area contributed by atoms with E-state index in [-0.39, 0.29) is 5.78 Å². The van der Waals surface area contributed by atoms with Crippen LogP contribution in [-0.4, -0.2) is 23.8 Å². The minimum atomic E-state index is 0.00359. The Kier molecular flexibility index (Phi) is 4.40. The molecule has 3 aliphatic rings. The number of hydrogen-bond donors (Lipinski definition) is 0. The van der Waals surface area contributed by atoms with Gasteiger partial charge in [0.1, 0.15) is 5.75 Å². The van der Waals surface area contributed by atoms with Gasteiger partial charge in [-0.05, 0) is 73.7 Å². The number of hydrogen-bond acceptors (Lipinski definition) is 3. The van der Waals surface area contributed by atoms with Crippen LogP contribution in [0.25, 0.3) is 5.57 Å². The number of aryl methyl sites for hydroxylation is 1. The van der Waals surface area contributed by atoms with E-state index < -0.39 is 0 Å². The summed E-state index contributed by atoms with van der Waals surface area (Å²) in [5, 5.41) is 0. The van der Waals surface area contributed by atoms with Crippen molar-refractivity contribution in [2.75, 3.05) is 13.1 Å². The van der Waals surface area contributed by atoms with Gasteiger partial charge in [0.25, 0.3) is 0 Å². The molecule has 28 heavy (non-hydrogen) atoms. The van der Waals surface area contributed by atoms with Gasteiger partial charge in [0, 0.05) is 12.1 Å². The standard InChI is InChI=1S/C25H25NO2/c1-17-13-20(16-26-11-5-2-6-12-26)25-22(14-17)24(27)23(28-25)15-19-10-9-18-7-3-4-8-21(18)19/h3-4,7-8,10,13-15H,2,5-6,9,11-12,16H2,1H3/b23-15-. The van der Waals surface area contributed by atoms with Crippen LogP contribution in [0.4, 0.5) is 0 Å². The van der Waals surface area contributed by atoms with Gasteiger partial charge in [0.05, 0.1) is 5.56 Å². The number of nitrogens with zero attached hydrogens (tertiary/aromatic N) is 1. The zero-order valence-corrected chi connectivity index (χ0v) is 16.3. The molecule has 142 valence electrons. The highest BCUT2D eigenvalue weighted by Gasteiger charge is 2.31.